The summed E-state index contributed by atoms with van der Waals surface area (Å²) in [6.07, 6.45) is -2.57. The van der Waals surface area contributed by atoms with E-state index in [-0.39, 0.29) is 126 Å². The largest absolute Gasteiger partial charge is 0.481 e. The number of anilines is 1. The fraction of sp³-hybridized carbons (Fsp3) is 0.585. The minimum atomic E-state index is -2.50. The molecule has 0 radical (unpaired) electrons. The van der Waals surface area contributed by atoms with Gasteiger partial charge in [-0.3, -0.25) is 67.1 Å². The Kier molecular flexibility index (Phi) is 46.7. The molecule has 4 aliphatic carbocycles. The lowest BCUT2D eigenvalue weighted by molar-refractivity contribution is -0.235. The highest BCUT2D eigenvalue weighted by Gasteiger charge is 2.80. The Balaban J connectivity index is 0.566. The first-order valence-corrected chi connectivity index (χ1v) is 46.1. The summed E-state index contributed by atoms with van der Waals surface area (Å²) in [5.74, 6) is -14.5. The second-order valence-electron chi connectivity index (χ2n) is 33.5. The number of hydrogen-bond acceptors (Lipinski definition) is 31. The first-order chi connectivity index (χ1) is 67.4. The lowest BCUT2D eigenvalue weighted by Crippen LogP contribution is -2.70. The lowest BCUT2D eigenvalue weighted by Gasteiger charge is -2.63. The Bertz CT molecular complexity index is 4750. The number of carboxylic acids is 2. The number of allylic oxidation sites excluding steroid dienone is 4. The third-order valence-electron chi connectivity index (χ3n) is 24.1. The molecule has 9 rings (SSSR count). The minimum absolute atomic E-state index is 0.000495. The second-order valence-corrected chi connectivity index (χ2v) is 33.5. The van der Waals surface area contributed by atoms with Gasteiger partial charge in [-0.25, -0.2) is 22.9 Å². The quantitative estimate of drug-likeness (QED) is 0.0196. The number of rotatable bonds is 69. The molecule has 2 aliphatic heterocycles. The molecule has 770 valence electrons. The number of amides is 11. The van der Waals surface area contributed by atoms with E-state index in [2.05, 4.69) is 47.9 Å². The molecule has 0 bridgehead atoms. The number of ketones is 2. The van der Waals surface area contributed by atoms with E-state index < -0.39 is 217 Å². The molecule has 0 aromatic heterocycles. The topological polar surface area (TPSA) is 567 Å². The molecule has 2 heterocycles. The van der Waals surface area contributed by atoms with Crippen LogP contribution in [0.5, 0.6) is 0 Å². The standard InChI is InChI=1S/C94H125F3N10O33/c1-91-21-19-66(108)50-70(91)71(96)51-69-68-52-76-94(92(68,2)53-74(109)93(69,91)97,140-90(139-76)63-9-6-10-64(95)48-63)75(110)59-138-60-104-82(116)57-103-88(123)73(47-61-7-4-3-5-8-61)106-83(117)58-101-80(114)55-99-77(111)15-12-62-11-13-65(107-84(118)16-17-85(107)119)49-67(62)87(122)102-56-81(115)100-54-79(113)98-22-24-127-26-28-129-30-32-131-34-36-133-38-40-135-42-44-137-46-45-136-43-41-134-39-37-132-35-33-130-31-29-128-27-25-126-23-20-78(112)105-72(89(124)125)14-18-86(120)121/h3-11,13,16-17,19,21,48-50,68-69,71-74,76,90,109H,12,14-15,18,20,22-47,51-60H2,1-2H3,(H,98,113)(H,99,111)(H,100,115)(H,101,114)(H,102,122)(H,103,123)(H,104,116)(H,105,112)(H,106,117)(H,120,121)(H,124,125)/t68-,69-,71-,72-,73-,74-,76+,90+,91-,92-,93-,94+/m0/s1. The fourth-order valence-corrected chi connectivity index (χ4v) is 17.1. The molecule has 12 N–H and O–H groups in total. The molecule has 3 aromatic rings. The molecule has 6 aliphatic rings. The van der Waals surface area contributed by atoms with Crippen LogP contribution in [0.2, 0.25) is 0 Å². The molecule has 0 unspecified atom stereocenters. The zero-order chi connectivity index (χ0) is 101. The van der Waals surface area contributed by atoms with Crippen LogP contribution in [0, 0.1) is 28.5 Å². The molecular formula is C94H125F3N10O33. The number of hydrogen-bond donors (Lipinski definition) is 12. The molecule has 12 atom stereocenters. The number of Topliss-reactive ketones (excluding diaryl/α,β-unsaturated/α-hetero) is 1. The maximum atomic E-state index is 18.1. The van der Waals surface area contributed by atoms with Crippen LogP contribution in [0.1, 0.15) is 92.1 Å². The molecular weight excluding hydrogens is 1850 g/mol. The average Bonchev–Trinajstić information content (AvgIpc) is 1.43. The van der Waals surface area contributed by atoms with E-state index in [0.29, 0.717) is 124 Å². The molecule has 3 saturated carbocycles. The number of aliphatic hydroxyl groups excluding tert-OH is 1. The van der Waals surface area contributed by atoms with Crippen LogP contribution in [-0.2, 0) is 151 Å². The van der Waals surface area contributed by atoms with Gasteiger partial charge in [0.2, 0.25) is 47.3 Å². The number of aryl methyl sites for hydroxylation is 1. The van der Waals surface area contributed by atoms with Crippen molar-refractivity contribution in [1.82, 2.24) is 47.9 Å². The van der Waals surface area contributed by atoms with E-state index in [1.807, 2.05) is 0 Å². The SMILES string of the molecule is C[C@]12C=CC(=O)C=C1[C@@H](F)C[C@H]1[C@@H]3C[C@H]4O[C@@H](c5cccc(F)c5)O[C@@]4(C(=O)COCNC(=O)CNC(=O)[C@H](Cc4ccccc4)NC(=O)CNC(=O)CNC(=O)CCc4ccc(N5C(=O)C=CC5=O)cc4C(=O)NCC(=O)NCC(=O)NCCOCCOCCOCCOCCOCCOCCOCCOCCOCCOCCOCCOCCC(=O)N[C@@H](CCC(=O)O)C(=O)O)[C@@]3(C)C[C@H](O)[C@@]12F. The van der Waals surface area contributed by atoms with Gasteiger partial charge >= 0.3 is 11.9 Å². The van der Waals surface area contributed by atoms with E-state index in [9.17, 15) is 81.4 Å². The third kappa shape index (κ3) is 34.0. The summed E-state index contributed by atoms with van der Waals surface area (Å²) in [5.41, 5.74) is -6.86. The van der Waals surface area contributed by atoms with Crippen LogP contribution >= 0.6 is 0 Å². The first-order valence-electron chi connectivity index (χ1n) is 46.1. The highest BCUT2D eigenvalue weighted by Crippen LogP contribution is 2.73. The first kappa shape index (κ1) is 112. The number of alkyl halides is 2. The Morgan fingerprint density at radius 2 is 1.02 bits per heavy atom. The van der Waals surface area contributed by atoms with Crippen LogP contribution in [0.4, 0.5) is 18.9 Å². The van der Waals surface area contributed by atoms with Gasteiger partial charge in [0.1, 0.15) is 37.4 Å². The number of fused-ring (bicyclic) bond motifs is 7. The summed E-state index contributed by atoms with van der Waals surface area (Å²) in [5, 5.41) is 51.8. The highest BCUT2D eigenvalue weighted by molar-refractivity contribution is 6.28. The summed E-state index contributed by atoms with van der Waals surface area (Å²) >= 11 is 0. The molecule has 11 amide bonds. The second kappa shape index (κ2) is 58.2. The van der Waals surface area contributed by atoms with Crippen molar-refractivity contribution in [3.8, 4) is 0 Å². The molecule has 3 aromatic carbocycles. The lowest BCUT2D eigenvalue weighted by atomic mass is 9.44. The fourth-order valence-electron chi connectivity index (χ4n) is 17.1. The number of imide groups is 1. The van der Waals surface area contributed by atoms with E-state index in [1.165, 1.54) is 49.4 Å². The third-order valence-corrected chi connectivity index (χ3v) is 24.1. The van der Waals surface area contributed by atoms with Gasteiger partial charge in [-0.2, -0.15) is 0 Å². The van der Waals surface area contributed by atoms with Crippen LogP contribution in [0.15, 0.2) is 109 Å². The summed E-state index contributed by atoms with van der Waals surface area (Å²) in [7, 11) is 0. The van der Waals surface area contributed by atoms with Gasteiger partial charge in [0.05, 0.1) is 209 Å². The van der Waals surface area contributed by atoms with Crippen molar-refractivity contribution in [3.05, 3.63) is 137 Å². The molecule has 0 spiro atoms. The average molecular weight is 1980 g/mol. The van der Waals surface area contributed by atoms with Crippen LogP contribution in [0.3, 0.4) is 0 Å². The summed E-state index contributed by atoms with van der Waals surface area (Å²) in [4.78, 5) is 193. The maximum absolute atomic E-state index is 18.1. The smallest absolute Gasteiger partial charge is 0.326 e. The van der Waals surface area contributed by atoms with Gasteiger partial charge in [-0.05, 0) is 98.1 Å². The Morgan fingerprint density at radius 1 is 0.514 bits per heavy atom. The van der Waals surface area contributed by atoms with E-state index in [4.69, 9.17) is 81.3 Å². The predicted molar refractivity (Wildman–Crippen MR) is 483 cm³/mol. The van der Waals surface area contributed by atoms with Crippen molar-refractivity contribution in [2.24, 2.45) is 22.7 Å². The number of carbonyl (C=O) groups is 15. The molecule has 4 fully saturated rings. The minimum Gasteiger partial charge on any atom is -0.481 e. The Labute approximate surface area is 805 Å². The van der Waals surface area contributed by atoms with Crippen LogP contribution in [-0.4, -0.2) is 357 Å². The number of aliphatic carboxylic acids is 2. The zero-order valence-corrected chi connectivity index (χ0v) is 78.1. The number of nitrogens with zero attached hydrogens (tertiary/aromatic N) is 1. The number of carboxylic acid groups (broad SMARTS) is 2. The summed E-state index contributed by atoms with van der Waals surface area (Å²) in [6.45, 7) is 6.49. The summed E-state index contributed by atoms with van der Waals surface area (Å²) in [6, 6.07) is 15.2. The molecule has 140 heavy (non-hydrogen) atoms. The predicted octanol–water partition coefficient (Wildman–Crippen LogP) is -0.309. The monoisotopic (exact) mass is 1980 g/mol. The van der Waals surface area contributed by atoms with Crippen molar-refractivity contribution in [1.29, 1.82) is 0 Å². The van der Waals surface area contributed by atoms with Crippen molar-refractivity contribution >= 4 is 94.2 Å². The van der Waals surface area contributed by atoms with E-state index in [0.717, 1.165) is 35.3 Å². The van der Waals surface area contributed by atoms with E-state index >= 15 is 8.78 Å². The highest BCUT2D eigenvalue weighted by atomic mass is 19.1. The van der Waals surface area contributed by atoms with Crippen molar-refractivity contribution in [3.63, 3.8) is 0 Å². The normalized spacial score (nSPS) is 21.9. The van der Waals surface area contributed by atoms with Gasteiger partial charge < -0.3 is 134 Å². The molecule has 46 heteroatoms. The number of benzene rings is 3. The van der Waals surface area contributed by atoms with Crippen LogP contribution in [0.25, 0.3) is 0 Å². The van der Waals surface area contributed by atoms with Gasteiger partial charge in [0.25, 0.3) is 17.7 Å². The summed E-state index contributed by atoms with van der Waals surface area (Å²) < 4.78 is 133. The number of halogens is 3. The van der Waals surface area contributed by atoms with Gasteiger partial charge in [0.15, 0.2) is 29.1 Å². The van der Waals surface area contributed by atoms with Crippen molar-refractivity contribution in [2.45, 2.75) is 120 Å². The Hall–Kier alpha value is -11.3. The van der Waals surface area contributed by atoms with Crippen molar-refractivity contribution < 1.29 is 171 Å². The van der Waals surface area contributed by atoms with Gasteiger partial charge in [-0.1, -0.05) is 61.5 Å². The number of aliphatic hydroxyl groups is 1. The molecule has 43 nitrogen and oxygen atoms in total. The number of nitrogens with one attached hydrogen (secondary N) is 9. The molecule has 1 saturated heterocycles. The van der Waals surface area contributed by atoms with Crippen molar-refractivity contribution in [2.75, 3.05) is 216 Å². The maximum Gasteiger partial charge on any atom is 0.326 e. The zero-order valence-electron chi connectivity index (χ0n) is 78.1. The van der Waals surface area contributed by atoms with E-state index in [1.54, 1.807) is 37.3 Å². The Morgan fingerprint density at radius 3 is 1.57 bits per heavy atom. The number of ether oxygens (including phenoxy) is 15. The van der Waals surface area contributed by atoms with Gasteiger partial charge in [-0.15, -0.1) is 0 Å². The number of carbonyl (C=O) groups excluding carboxylic acids is 13. The van der Waals surface area contributed by atoms with Crippen LogP contribution < -0.4 is 52.8 Å². The van der Waals surface area contributed by atoms with Gasteiger partial charge in [0, 0.05) is 72.3 Å².